The molecule has 8 heteroatoms. The van der Waals surface area contributed by atoms with Gasteiger partial charge in [-0.05, 0) is 40.5 Å². The van der Waals surface area contributed by atoms with Crippen LogP contribution >= 0.6 is 7.82 Å². The third-order valence-electron chi connectivity index (χ3n) is 5.06. The van der Waals surface area contributed by atoms with Crippen molar-refractivity contribution in [3.8, 4) is 11.5 Å². The Morgan fingerprint density at radius 3 is 2.21 bits per heavy atom. The molecule has 0 aromatic heterocycles. The van der Waals surface area contributed by atoms with E-state index in [0.717, 1.165) is 25.7 Å². The van der Waals surface area contributed by atoms with Gasteiger partial charge in [0.05, 0.1) is 24.9 Å². The Morgan fingerprint density at radius 1 is 1.10 bits per heavy atom. The van der Waals surface area contributed by atoms with Crippen LogP contribution in [0.4, 0.5) is 0 Å². The maximum Gasteiger partial charge on any atom is 0.475 e. The monoisotopic (exact) mass is 446 g/mol. The SMILES string of the molecule is CCOP(=O)(OCC)O[C@H](C#C[Si](C)(C)C)C[C@H]1OC2(CCCCC2)OC1(C)C. The van der Waals surface area contributed by atoms with Gasteiger partial charge in [0.1, 0.15) is 14.2 Å². The fourth-order valence-corrected chi connectivity index (χ4v) is 5.68. The highest BCUT2D eigenvalue weighted by Crippen LogP contribution is 2.52. The van der Waals surface area contributed by atoms with Crippen LogP contribution < -0.4 is 0 Å². The van der Waals surface area contributed by atoms with Crippen molar-refractivity contribution in [3.63, 3.8) is 0 Å². The summed E-state index contributed by atoms with van der Waals surface area (Å²) in [5.74, 6) is 2.70. The van der Waals surface area contributed by atoms with Crippen molar-refractivity contribution in [1.29, 1.82) is 0 Å². The Labute approximate surface area is 178 Å². The lowest BCUT2D eigenvalue weighted by Crippen LogP contribution is -2.36. The smallest absolute Gasteiger partial charge is 0.344 e. The predicted octanol–water partition coefficient (Wildman–Crippen LogP) is 5.68. The summed E-state index contributed by atoms with van der Waals surface area (Å²) in [7, 11) is -5.33. The van der Waals surface area contributed by atoms with Crippen molar-refractivity contribution >= 4 is 15.9 Å². The first-order chi connectivity index (χ1) is 13.4. The first-order valence-electron chi connectivity index (χ1n) is 10.9. The minimum atomic E-state index is -3.68. The van der Waals surface area contributed by atoms with Crippen LogP contribution in [-0.4, -0.2) is 44.9 Å². The van der Waals surface area contributed by atoms with E-state index < -0.39 is 33.4 Å². The van der Waals surface area contributed by atoms with Crippen molar-refractivity contribution in [1.82, 2.24) is 0 Å². The highest BCUT2D eigenvalue weighted by Gasteiger charge is 2.53. The minimum absolute atomic E-state index is 0.210. The van der Waals surface area contributed by atoms with Crippen LogP contribution in [0.15, 0.2) is 0 Å². The molecule has 1 aliphatic carbocycles. The van der Waals surface area contributed by atoms with Gasteiger partial charge < -0.3 is 9.47 Å². The zero-order chi connectivity index (χ0) is 21.8. The molecule has 2 fully saturated rings. The van der Waals surface area contributed by atoms with E-state index in [-0.39, 0.29) is 19.3 Å². The van der Waals surface area contributed by atoms with Gasteiger partial charge in [-0.1, -0.05) is 32.0 Å². The van der Waals surface area contributed by atoms with Crippen molar-refractivity contribution in [2.45, 2.75) is 109 Å². The van der Waals surface area contributed by atoms with Crippen LogP contribution in [0.3, 0.4) is 0 Å². The molecule has 2 rings (SSSR count). The molecule has 168 valence electrons. The second-order valence-corrected chi connectivity index (χ2v) is 15.8. The lowest BCUT2D eigenvalue weighted by Gasteiger charge is -2.32. The average Bonchev–Trinajstić information content (AvgIpc) is 2.82. The Hall–Kier alpha value is -0.193. The van der Waals surface area contributed by atoms with Crippen LogP contribution in [-0.2, 0) is 27.6 Å². The average molecular weight is 447 g/mol. The lowest BCUT2D eigenvalue weighted by atomic mass is 9.94. The summed E-state index contributed by atoms with van der Waals surface area (Å²) in [4.78, 5) is 0. The first kappa shape index (κ1) is 25.1. The zero-order valence-electron chi connectivity index (χ0n) is 19.2. The fraction of sp³-hybridized carbons (Fsp3) is 0.905. The van der Waals surface area contributed by atoms with Crippen LogP contribution in [0.1, 0.15) is 66.2 Å². The van der Waals surface area contributed by atoms with E-state index in [9.17, 15) is 4.57 Å². The summed E-state index contributed by atoms with van der Waals surface area (Å²) in [6.07, 6.45) is 4.90. The Morgan fingerprint density at radius 2 is 1.69 bits per heavy atom. The van der Waals surface area contributed by atoms with Crippen molar-refractivity contribution in [3.05, 3.63) is 0 Å². The predicted molar refractivity (Wildman–Crippen MR) is 117 cm³/mol. The topological polar surface area (TPSA) is 63.2 Å². The maximum atomic E-state index is 13.0. The summed E-state index contributed by atoms with van der Waals surface area (Å²) in [6.45, 7) is 14.6. The van der Waals surface area contributed by atoms with E-state index in [2.05, 4.69) is 45.0 Å². The quantitative estimate of drug-likeness (QED) is 0.272. The molecule has 0 unspecified atom stereocenters. The number of ether oxygens (including phenoxy) is 2. The van der Waals surface area contributed by atoms with E-state index in [1.54, 1.807) is 13.8 Å². The van der Waals surface area contributed by atoms with E-state index in [0.29, 0.717) is 6.42 Å². The van der Waals surface area contributed by atoms with Crippen molar-refractivity contribution in [2.24, 2.45) is 0 Å². The molecule has 2 atom stereocenters. The number of phosphoric ester groups is 1. The van der Waals surface area contributed by atoms with Crippen LogP contribution in [0, 0.1) is 11.5 Å². The Kier molecular flexibility index (Phi) is 8.60. The van der Waals surface area contributed by atoms with Crippen LogP contribution in [0.5, 0.6) is 0 Å². The summed E-state index contributed by atoms with van der Waals surface area (Å²) >= 11 is 0. The number of hydrogen-bond acceptors (Lipinski definition) is 6. The molecule has 0 aromatic carbocycles. The van der Waals surface area contributed by atoms with Gasteiger partial charge in [-0.25, -0.2) is 4.57 Å². The molecule has 29 heavy (non-hydrogen) atoms. The molecular weight excluding hydrogens is 407 g/mol. The van der Waals surface area contributed by atoms with Crippen molar-refractivity contribution < 1.29 is 27.6 Å². The van der Waals surface area contributed by atoms with E-state index in [1.165, 1.54) is 6.42 Å². The molecule has 0 amide bonds. The maximum absolute atomic E-state index is 13.0. The lowest BCUT2D eigenvalue weighted by molar-refractivity contribution is -0.203. The summed E-state index contributed by atoms with van der Waals surface area (Å²) in [5, 5.41) is 0. The van der Waals surface area contributed by atoms with Gasteiger partial charge in [-0.2, -0.15) is 0 Å². The highest BCUT2D eigenvalue weighted by atomic mass is 31.2. The summed E-state index contributed by atoms with van der Waals surface area (Å²) in [5.41, 5.74) is 2.87. The van der Waals surface area contributed by atoms with Gasteiger partial charge in [0.25, 0.3) is 0 Å². The second-order valence-electron chi connectivity index (χ2n) is 9.42. The molecule has 0 radical (unpaired) electrons. The van der Waals surface area contributed by atoms with Gasteiger partial charge in [-0.15, -0.1) is 5.54 Å². The van der Waals surface area contributed by atoms with E-state index >= 15 is 0 Å². The molecule has 1 saturated heterocycles. The molecule has 1 saturated carbocycles. The molecule has 0 aromatic rings. The summed E-state index contributed by atoms with van der Waals surface area (Å²) in [6, 6.07) is 0. The van der Waals surface area contributed by atoms with Gasteiger partial charge in [0.15, 0.2) is 5.79 Å². The fourth-order valence-electron chi connectivity index (χ4n) is 3.80. The van der Waals surface area contributed by atoms with Gasteiger partial charge in [0.2, 0.25) is 0 Å². The second kappa shape index (κ2) is 9.95. The zero-order valence-corrected chi connectivity index (χ0v) is 21.1. The Bertz CT molecular complexity index is 632. The first-order valence-corrected chi connectivity index (χ1v) is 15.9. The molecule has 0 bridgehead atoms. The third-order valence-corrected chi connectivity index (χ3v) is 7.62. The number of hydrogen-bond donors (Lipinski definition) is 0. The molecule has 0 N–H and O–H groups in total. The molecule has 2 aliphatic rings. The standard InChI is InChI=1S/C21H39O6PSi/c1-8-23-28(22,24-9-2)26-18(13-16-29(5,6)7)17-19-20(3,4)27-21(25-19)14-11-10-12-15-21/h18-19H,8-12,14-15,17H2,1-7H3/t18-,19-/m1/s1. The van der Waals surface area contributed by atoms with Gasteiger partial charge in [-0.3, -0.25) is 13.6 Å². The van der Waals surface area contributed by atoms with Crippen LogP contribution in [0.25, 0.3) is 0 Å². The van der Waals surface area contributed by atoms with Crippen molar-refractivity contribution in [2.75, 3.05) is 13.2 Å². The Balaban J connectivity index is 2.22. The molecular formula is C21H39O6PSi. The molecule has 1 heterocycles. The summed E-state index contributed by atoms with van der Waals surface area (Å²) < 4.78 is 42.4. The normalized spacial score (nSPS) is 24.9. The van der Waals surface area contributed by atoms with Crippen LogP contribution in [0.2, 0.25) is 19.6 Å². The molecule has 6 nitrogen and oxygen atoms in total. The number of phosphoric acid groups is 1. The van der Waals surface area contributed by atoms with E-state index in [1.807, 2.05) is 0 Å². The number of rotatable bonds is 8. The third kappa shape index (κ3) is 7.47. The van der Waals surface area contributed by atoms with Gasteiger partial charge >= 0.3 is 7.82 Å². The van der Waals surface area contributed by atoms with Gasteiger partial charge in [0, 0.05) is 19.3 Å². The van der Waals surface area contributed by atoms with E-state index in [4.69, 9.17) is 23.0 Å². The highest BCUT2D eigenvalue weighted by molar-refractivity contribution is 7.48. The molecule has 1 spiro atoms. The largest absolute Gasteiger partial charge is 0.475 e. The molecule has 1 aliphatic heterocycles. The minimum Gasteiger partial charge on any atom is -0.344 e.